The fourth-order valence-electron chi connectivity index (χ4n) is 2.17. The minimum absolute atomic E-state index is 0.167. The number of rotatable bonds is 6. The normalized spacial score (nSPS) is 10.3. The maximum atomic E-state index is 12.0. The maximum Gasteiger partial charge on any atom is 0.276 e. The van der Waals surface area contributed by atoms with Gasteiger partial charge >= 0.3 is 0 Å². The summed E-state index contributed by atoms with van der Waals surface area (Å²) < 4.78 is 11.5. The van der Waals surface area contributed by atoms with Crippen LogP contribution in [0.5, 0.6) is 11.5 Å². The Morgan fingerprint density at radius 2 is 1.96 bits per heavy atom. The van der Waals surface area contributed by atoms with Gasteiger partial charge in [-0.25, -0.2) is 9.97 Å². The van der Waals surface area contributed by atoms with E-state index in [9.17, 15) is 4.79 Å². The number of benzene rings is 2. The highest BCUT2D eigenvalue weighted by atomic mass is 79.9. The number of nitrogens with zero attached hydrogens (tertiary/aromatic N) is 2. The molecular formula is C17H15BrN4O3. The number of hydrazine groups is 1. The topological polar surface area (TPSA) is 85.4 Å². The van der Waals surface area contributed by atoms with Gasteiger partial charge in [-0.2, -0.15) is 0 Å². The number of methoxy groups -OCH3 is 1. The van der Waals surface area contributed by atoms with Crippen molar-refractivity contribution in [2.75, 3.05) is 19.1 Å². The van der Waals surface area contributed by atoms with Gasteiger partial charge in [-0.05, 0) is 30.3 Å². The lowest BCUT2D eigenvalue weighted by Crippen LogP contribution is -2.34. The average molecular weight is 403 g/mol. The number of anilines is 1. The van der Waals surface area contributed by atoms with Crippen LogP contribution in [0.3, 0.4) is 0 Å². The summed E-state index contributed by atoms with van der Waals surface area (Å²) in [7, 11) is 1.54. The zero-order chi connectivity index (χ0) is 17.6. The first-order chi connectivity index (χ1) is 12.2. The number of carbonyl (C=O) groups excluding carboxylic acids is 1. The number of halogens is 1. The third-order valence-electron chi connectivity index (χ3n) is 3.35. The van der Waals surface area contributed by atoms with E-state index in [4.69, 9.17) is 9.47 Å². The van der Waals surface area contributed by atoms with Crippen molar-refractivity contribution in [1.82, 2.24) is 15.4 Å². The number of fused-ring (bicyclic) bond motifs is 1. The van der Waals surface area contributed by atoms with Crippen LogP contribution in [0.4, 0.5) is 5.82 Å². The van der Waals surface area contributed by atoms with Gasteiger partial charge < -0.3 is 9.47 Å². The number of carbonyl (C=O) groups is 1. The first-order valence-corrected chi connectivity index (χ1v) is 8.17. The Morgan fingerprint density at radius 3 is 2.76 bits per heavy atom. The van der Waals surface area contributed by atoms with E-state index in [1.54, 1.807) is 25.3 Å². The summed E-state index contributed by atoms with van der Waals surface area (Å²) in [5, 5.41) is 0.780. The molecule has 0 aliphatic carbocycles. The second kappa shape index (κ2) is 7.80. The summed E-state index contributed by atoms with van der Waals surface area (Å²) in [5.74, 6) is 1.20. The minimum atomic E-state index is -0.354. The summed E-state index contributed by atoms with van der Waals surface area (Å²) in [6.07, 6.45) is 1.43. The third-order valence-corrected chi connectivity index (χ3v) is 3.84. The smallest absolute Gasteiger partial charge is 0.276 e. The molecule has 0 spiro atoms. The number of hydrogen-bond acceptors (Lipinski definition) is 6. The molecule has 7 nitrogen and oxygen atoms in total. The zero-order valence-corrected chi connectivity index (χ0v) is 14.9. The van der Waals surface area contributed by atoms with Gasteiger partial charge in [0.25, 0.3) is 5.91 Å². The summed E-state index contributed by atoms with van der Waals surface area (Å²) >= 11 is 3.41. The number of nitrogens with one attached hydrogen (secondary N) is 2. The minimum Gasteiger partial charge on any atom is -0.493 e. The van der Waals surface area contributed by atoms with E-state index >= 15 is 0 Å². The predicted octanol–water partition coefficient (Wildman–Crippen LogP) is 2.92. The molecule has 128 valence electrons. The third kappa shape index (κ3) is 4.16. The van der Waals surface area contributed by atoms with Crippen LogP contribution in [-0.4, -0.2) is 29.6 Å². The molecule has 0 atom stereocenters. The monoisotopic (exact) mass is 402 g/mol. The number of hydrogen-bond donors (Lipinski definition) is 2. The molecule has 25 heavy (non-hydrogen) atoms. The average Bonchev–Trinajstić information content (AvgIpc) is 2.64. The molecule has 0 bridgehead atoms. The van der Waals surface area contributed by atoms with Gasteiger partial charge in [-0.3, -0.25) is 15.6 Å². The Bertz CT molecular complexity index is 904. The highest BCUT2D eigenvalue weighted by Gasteiger charge is 2.08. The molecule has 8 heteroatoms. The van der Waals surface area contributed by atoms with Crippen molar-refractivity contribution in [2.24, 2.45) is 0 Å². The Kier molecular flexibility index (Phi) is 5.30. The van der Waals surface area contributed by atoms with Crippen molar-refractivity contribution in [3.63, 3.8) is 0 Å². The van der Waals surface area contributed by atoms with E-state index in [1.165, 1.54) is 6.33 Å². The van der Waals surface area contributed by atoms with E-state index in [-0.39, 0.29) is 12.5 Å². The molecule has 0 unspecified atom stereocenters. The van der Waals surface area contributed by atoms with E-state index in [1.807, 2.05) is 24.3 Å². The van der Waals surface area contributed by atoms with Gasteiger partial charge in [-0.15, -0.1) is 0 Å². The van der Waals surface area contributed by atoms with Crippen LogP contribution in [0, 0.1) is 0 Å². The van der Waals surface area contributed by atoms with E-state index in [0.717, 1.165) is 15.4 Å². The van der Waals surface area contributed by atoms with Gasteiger partial charge in [0.1, 0.15) is 6.33 Å². The van der Waals surface area contributed by atoms with Crippen molar-refractivity contribution in [1.29, 1.82) is 0 Å². The second-order valence-corrected chi connectivity index (χ2v) is 5.91. The van der Waals surface area contributed by atoms with Gasteiger partial charge in [0, 0.05) is 9.86 Å². The Balaban J connectivity index is 1.62. The van der Waals surface area contributed by atoms with Crippen LogP contribution in [0.1, 0.15) is 0 Å². The standard InChI is InChI=1S/C17H15BrN4O3/c1-24-14-4-2-3-5-15(14)25-9-16(23)21-22-17-12-8-11(18)6-7-13(12)19-10-20-17/h2-8,10H,9H2,1H3,(H,21,23)(H,19,20,22). The lowest BCUT2D eigenvalue weighted by molar-refractivity contribution is -0.122. The van der Waals surface area contributed by atoms with Crippen LogP contribution in [0.25, 0.3) is 10.9 Å². The van der Waals surface area contributed by atoms with Crippen molar-refractivity contribution in [3.05, 3.63) is 53.3 Å². The molecule has 2 N–H and O–H groups in total. The molecule has 0 saturated heterocycles. The fourth-order valence-corrected chi connectivity index (χ4v) is 2.54. The zero-order valence-electron chi connectivity index (χ0n) is 13.3. The molecule has 1 aromatic heterocycles. The Hall–Kier alpha value is -2.87. The highest BCUT2D eigenvalue weighted by Crippen LogP contribution is 2.25. The van der Waals surface area contributed by atoms with Crippen LogP contribution in [-0.2, 0) is 4.79 Å². The van der Waals surface area contributed by atoms with Crippen LogP contribution in [0.15, 0.2) is 53.3 Å². The summed E-state index contributed by atoms with van der Waals surface area (Å²) in [5.41, 5.74) is 6.12. The first kappa shape index (κ1) is 17.0. The molecular weight excluding hydrogens is 388 g/mol. The molecule has 0 aliphatic heterocycles. The van der Waals surface area contributed by atoms with Crippen molar-refractivity contribution >= 4 is 38.6 Å². The van der Waals surface area contributed by atoms with Gasteiger partial charge in [0.05, 0.1) is 12.6 Å². The Morgan fingerprint density at radius 1 is 1.16 bits per heavy atom. The highest BCUT2D eigenvalue weighted by molar-refractivity contribution is 9.10. The molecule has 2 aromatic carbocycles. The summed E-state index contributed by atoms with van der Waals surface area (Å²) in [4.78, 5) is 20.3. The van der Waals surface area contributed by atoms with Crippen molar-refractivity contribution in [3.8, 4) is 11.5 Å². The molecule has 0 aliphatic rings. The van der Waals surface area contributed by atoms with Crippen molar-refractivity contribution in [2.45, 2.75) is 0 Å². The lowest BCUT2D eigenvalue weighted by atomic mass is 10.2. The molecule has 3 aromatic rings. The summed E-state index contributed by atoms with van der Waals surface area (Å²) in [6, 6.07) is 12.7. The van der Waals surface area contributed by atoms with Crippen LogP contribution < -0.4 is 20.3 Å². The predicted molar refractivity (Wildman–Crippen MR) is 97.5 cm³/mol. The first-order valence-electron chi connectivity index (χ1n) is 7.38. The van der Waals surface area contributed by atoms with E-state index in [2.05, 4.69) is 36.7 Å². The van der Waals surface area contributed by atoms with Crippen LogP contribution in [0.2, 0.25) is 0 Å². The van der Waals surface area contributed by atoms with Gasteiger partial charge in [0.15, 0.2) is 23.9 Å². The molecule has 0 saturated carbocycles. The SMILES string of the molecule is COc1ccccc1OCC(=O)NNc1ncnc2ccc(Br)cc12. The second-order valence-electron chi connectivity index (χ2n) is 5.00. The molecule has 1 heterocycles. The fraction of sp³-hybridized carbons (Fsp3) is 0.118. The van der Waals surface area contributed by atoms with E-state index < -0.39 is 0 Å². The number of ether oxygens (including phenoxy) is 2. The molecule has 0 radical (unpaired) electrons. The quantitative estimate of drug-likeness (QED) is 0.616. The number of para-hydroxylation sites is 2. The molecule has 1 amide bonds. The lowest BCUT2D eigenvalue weighted by Gasteiger charge is -2.12. The maximum absolute atomic E-state index is 12.0. The summed E-state index contributed by atoms with van der Waals surface area (Å²) in [6.45, 7) is -0.167. The Labute approximate surface area is 152 Å². The van der Waals surface area contributed by atoms with Crippen molar-refractivity contribution < 1.29 is 14.3 Å². The molecule has 0 fully saturated rings. The van der Waals surface area contributed by atoms with E-state index in [0.29, 0.717) is 17.3 Å². The largest absolute Gasteiger partial charge is 0.493 e. The van der Waals surface area contributed by atoms with Gasteiger partial charge in [-0.1, -0.05) is 28.1 Å². The number of amides is 1. The van der Waals surface area contributed by atoms with Crippen LogP contribution >= 0.6 is 15.9 Å². The number of aromatic nitrogens is 2. The van der Waals surface area contributed by atoms with Gasteiger partial charge in [0.2, 0.25) is 0 Å². The molecule has 3 rings (SSSR count).